The third-order valence-electron chi connectivity index (χ3n) is 18.8. The number of ether oxygens (including phenoxy) is 6. The van der Waals surface area contributed by atoms with E-state index in [1.54, 1.807) is 6.92 Å². The molecule has 13 atom stereocenters. The molecule has 2 aliphatic heterocycles. The molecule has 2 aromatic heterocycles. The number of aliphatic hydroxyl groups is 4. The van der Waals surface area contributed by atoms with Gasteiger partial charge in [0.15, 0.2) is 53.9 Å². The van der Waals surface area contributed by atoms with Crippen LogP contribution >= 0.6 is 0 Å². The summed E-state index contributed by atoms with van der Waals surface area (Å²) >= 11 is 0. The Morgan fingerprint density at radius 1 is 0.697 bits per heavy atom. The number of aldehydes is 1. The Morgan fingerprint density at radius 2 is 1.12 bits per heavy atom. The number of aromatic nitrogens is 4. The number of phenolic OH excluding ortho intramolecular Hbond substituents is 4. The van der Waals surface area contributed by atoms with Crippen LogP contribution in [0.15, 0.2) is 48.8 Å². The zero-order valence-corrected chi connectivity index (χ0v) is 54.0. The third kappa shape index (κ3) is 12.4. The topological polar surface area (TPSA) is 501 Å². The van der Waals surface area contributed by atoms with Crippen LogP contribution in [-0.2, 0) is 55.5 Å². The van der Waals surface area contributed by atoms with E-state index in [4.69, 9.17) is 40.7 Å². The number of Topliss-reactive ketones (excluding diaryl/α,β-unsaturated/α-hetero) is 2. The van der Waals surface area contributed by atoms with Crippen LogP contribution in [0.3, 0.4) is 0 Å². The van der Waals surface area contributed by atoms with E-state index in [-0.39, 0.29) is 92.6 Å². The second kappa shape index (κ2) is 27.2. The number of hydrogen-bond donors (Lipinski definition) is 10. The van der Waals surface area contributed by atoms with Gasteiger partial charge in [0.05, 0.1) is 98.3 Å². The first-order valence-electron chi connectivity index (χ1n) is 30.5. The van der Waals surface area contributed by atoms with Crippen molar-refractivity contribution in [3.8, 4) is 34.5 Å². The molecule has 4 aliphatic carbocycles. The average molecular weight is 1370 g/mol. The summed E-state index contributed by atoms with van der Waals surface area (Å²) in [5.74, 6) is -7.59. The standard InChI is InChI=1S/C33H33N5O12.C27H29NO10.C5H5N3O3/c1-13-26(40)17(36-31(34-3)18-12-35-32(37(18)4)38(46)47)9-21(49-13)50-20-11-33(45,14(2)39)10-16-23(20)30(44)25-24(28(16)42)27(41)15-7-6-8-19(48-5)22(15)29(25)43;1-10-22(30)14(28)7-17(37-10)38-16-9-27(35,11(2)29)8-13-19(16)26(34)21-20(24(13)32)23(31)12-5-4-6-15(36-3)18(12)25(21)33;1-7-4(3-9)2-6-5(7)8(10)11/h6-8,12-13,17,20-21,26,31,36,40,42,44-45H,9-11H2,1-2,4-5H3;4-6,10,14,16-17,22,30,32,34-35H,7-9,28H2,1-3H3;2-3H,1H3/t13-,17?,20-,21-,26?,31?,33-;10-,14?,16-,17-,22?,27-;/m00./s1. The lowest BCUT2D eigenvalue weighted by atomic mass is 9.72. The summed E-state index contributed by atoms with van der Waals surface area (Å²) in [5.41, 5.74) is -0.287. The maximum Gasteiger partial charge on any atom is 0.434 e. The van der Waals surface area contributed by atoms with Gasteiger partial charge < -0.3 is 95.2 Å². The summed E-state index contributed by atoms with van der Waals surface area (Å²) in [6, 6.07) is 7.19. The van der Waals surface area contributed by atoms with Gasteiger partial charge in [0.25, 0.3) is 0 Å². The zero-order valence-electron chi connectivity index (χ0n) is 54.0. The summed E-state index contributed by atoms with van der Waals surface area (Å²) in [4.78, 5) is 121. The van der Waals surface area contributed by atoms with Gasteiger partial charge in [-0.05, 0) is 49.7 Å². The monoisotopic (exact) mass is 1370 g/mol. The zero-order chi connectivity index (χ0) is 72.5. The Balaban J connectivity index is 0.000000190. The highest BCUT2D eigenvalue weighted by molar-refractivity contribution is 6.32. The van der Waals surface area contributed by atoms with Gasteiger partial charge in [-0.3, -0.25) is 38.4 Å². The van der Waals surface area contributed by atoms with E-state index in [1.165, 1.54) is 84.8 Å². The Kier molecular flexibility index (Phi) is 19.6. The van der Waals surface area contributed by atoms with Crippen molar-refractivity contribution in [2.45, 2.75) is 145 Å². The number of nitro groups is 2. The van der Waals surface area contributed by atoms with Crippen LogP contribution in [0.1, 0.15) is 174 Å². The number of methoxy groups -OCH3 is 2. The van der Waals surface area contributed by atoms with Crippen LogP contribution in [0.5, 0.6) is 34.5 Å². The number of nitrogens with zero attached hydrogens (tertiary/aromatic N) is 7. The molecule has 0 spiro atoms. The van der Waals surface area contributed by atoms with Gasteiger partial charge in [-0.15, -0.1) is 0 Å². The third-order valence-corrected chi connectivity index (χ3v) is 18.8. The number of nitrogens with one attached hydrogen (secondary N) is 1. The number of imidazole rings is 2. The number of ketones is 6. The minimum atomic E-state index is -2.13. The molecule has 34 heteroatoms. The molecule has 34 nitrogen and oxygen atoms in total. The molecule has 0 saturated carbocycles. The number of aromatic hydroxyl groups is 4. The van der Waals surface area contributed by atoms with E-state index < -0.39 is 194 Å². The minimum absolute atomic E-state index is 0.0147. The predicted octanol–water partition coefficient (Wildman–Crippen LogP) is 3.09. The van der Waals surface area contributed by atoms with Gasteiger partial charge >= 0.3 is 18.1 Å². The summed E-state index contributed by atoms with van der Waals surface area (Å²) in [6.45, 7) is 13.2. The first-order valence-corrected chi connectivity index (χ1v) is 30.5. The molecule has 522 valence electrons. The fourth-order valence-electron chi connectivity index (χ4n) is 13.4. The van der Waals surface area contributed by atoms with Gasteiger partial charge in [0, 0.05) is 84.0 Å². The van der Waals surface area contributed by atoms with Gasteiger partial charge in [-0.25, -0.2) is 21.0 Å². The fourth-order valence-corrected chi connectivity index (χ4v) is 13.4. The number of hydrogen-bond acceptors (Lipinski definition) is 29. The molecule has 4 heterocycles. The molecule has 99 heavy (non-hydrogen) atoms. The highest BCUT2D eigenvalue weighted by atomic mass is 16.7. The highest BCUT2D eigenvalue weighted by Gasteiger charge is 2.53. The summed E-state index contributed by atoms with van der Waals surface area (Å²) in [6.07, 6.45) is -8.68. The predicted molar refractivity (Wildman–Crippen MR) is 334 cm³/mol. The number of aliphatic hydroxyl groups excluding tert-OH is 2. The van der Waals surface area contributed by atoms with Crippen LogP contribution in [0.25, 0.3) is 4.85 Å². The number of rotatable bonds is 14. The van der Waals surface area contributed by atoms with Gasteiger partial charge in [-0.2, -0.15) is 0 Å². The summed E-state index contributed by atoms with van der Waals surface area (Å²) in [5, 5.41) is 114. The maximum absolute atomic E-state index is 13.9. The summed E-state index contributed by atoms with van der Waals surface area (Å²) < 4.78 is 36.8. The van der Waals surface area contributed by atoms with Crippen molar-refractivity contribution in [1.29, 1.82) is 0 Å². The maximum atomic E-state index is 13.9. The van der Waals surface area contributed by atoms with Gasteiger partial charge in [-0.1, -0.05) is 34.2 Å². The Bertz CT molecular complexity index is 4430. The molecule has 11 N–H and O–H groups in total. The minimum Gasteiger partial charge on any atom is -0.507 e. The molecule has 5 unspecified atom stereocenters. The van der Waals surface area contributed by atoms with Crippen molar-refractivity contribution in [3.05, 3.63) is 159 Å². The largest absolute Gasteiger partial charge is 0.507 e. The van der Waals surface area contributed by atoms with Gasteiger partial charge in [0.1, 0.15) is 51.9 Å². The average Bonchev–Trinajstić information content (AvgIpc) is 1.18. The number of carbonyl (C=O) groups excluding carboxylic acids is 7. The second-order valence-electron chi connectivity index (χ2n) is 24.6. The van der Waals surface area contributed by atoms with E-state index in [9.17, 15) is 94.6 Å². The lowest BCUT2D eigenvalue weighted by molar-refractivity contribution is -0.396. The molecule has 12 rings (SSSR count). The number of nitrogens with two attached hydrogens (primary N) is 1. The van der Waals surface area contributed by atoms with Crippen LogP contribution in [0, 0.1) is 26.8 Å². The Hall–Kier alpha value is -10.3. The van der Waals surface area contributed by atoms with Crippen molar-refractivity contribution in [2.24, 2.45) is 19.8 Å². The van der Waals surface area contributed by atoms with Crippen LogP contribution < -0.4 is 20.5 Å². The molecule has 0 bridgehead atoms. The molecule has 0 amide bonds. The highest BCUT2D eigenvalue weighted by Crippen LogP contribution is 2.55. The Morgan fingerprint density at radius 3 is 1.51 bits per heavy atom. The number of benzene rings is 4. The molecular formula is C65H67N9O25. The quantitative estimate of drug-likeness (QED) is 0.0246. The van der Waals surface area contributed by atoms with Crippen LogP contribution in [0.2, 0.25) is 0 Å². The lowest BCUT2D eigenvalue weighted by Gasteiger charge is -2.42. The number of fused-ring (bicyclic) bond motifs is 6. The van der Waals surface area contributed by atoms with E-state index in [1.807, 2.05) is 0 Å². The normalized spacial score (nSPS) is 26.0. The molecule has 6 aliphatic rings. The van der Waals surface area contributed by atoms with E-state index in [0.29, 0.717) is 6.29 Å². The van der Waals surface area contributed by atoms with Crippen LogP contribution in [0.4, 0.5) is 11.9 Å². The fraction of sp³-hybridized carbons (Fsp3) is 0.415. The molecule has 6 aromatic rings. The Labute approximate surface area is 560 Å². The molecule has 4 aromatic carbocycles. The molecule has 2 saturated heterocycles. The van der Waals surface area contributed by atoms with Crippen molar-refractivity contribution in [3.63, 3.8) is 0 Å². The summed E-state index contributed by atoms with van der Waals surface area (Å²) in [7, 11) is 5.44. The lowest BCUT2D eigenvalue weighted by Crippen LogP contribution is -2.55. The van der Waals surface area contributed by atoms with E-state index in [2.05, 4.69) is 20.1 Å². The van der Waals surface area contributed by atoms with E-state index in [0.717, 1.165) is 22.3 Å². The first-order chi connectivity index (χ1) is 46.7. The molecule has 0 radical (unpaired) electrons. The van der Waals surface area contributed by atoms with Crippen molar-refractivity contribution in [1.82, 2.24) is 24.4 Å². The van der Waals surface area contributed by atoms with Crippen molar-refractivity contribution < 1.29 is 113 Å². The second-order valence-corrected chi connectivity index (χ2v) is 24.6. The molecule has 2 fully saturated rings. The molecular weight excluding hydrogens is 1310 g/mol. The van der Waals surface area contributed by atoms with Crippen LogP contribution in [-0.4, -0.2) is 185 Å². The SMILES string of the molecule is COc1cccc2c1C(=O)c1c(O)c3c(c(O)c1C2=O)C[C@@](O)(C(C)=O)C[C@@H]3O[C@H]1CC(N)C(O)[C@H](C)O1.Cn1c(C=O)cnc1[N+](=O)[O-].[C-]#[N+]C(NC1C[C@H](O[C@H]2C[C@](O)(C(C)=O)Cc3c(O)c4c(c(O)c32)C(=O)c2c(OC)cccc2C4=O)O[C@@H](C)C1O)c1cnc([N+](=O)[O-])n1C. The van der Waals surface area contributed by atoms with Gasteiger partial charge in [0.2, 0.25) is 17.3 Å². The smallest absolute Gasteiger partial charge is 0.434 e. The first kappa shape index (κ1) is 71.5. The van der Waals surface area contributed by atoms with E-state index >= 15 is 0 Å². The number of carbonyl (C=O) groups is 7. The van der Waals surface area contributed by atoms with Crippen molar-refractivity contribution >= 4 is 52.9 Å². The number of phenols is 4. The van der Waals surface area contributed by atoms with Crippen molar-refractivity contribution in [2.75, 3.05) is 14.2 Å².